The predicted molar refractivity (Wildman–Crippen MR) is 121 cm³/mol. The van der Waals surface area contributed by atoms with Crippen LogP contribution in [-0.4, -0.2) is 57.2 Å². The van der Waals surface area contributed by atoms with Crippen LogP contribution in [0.4, 0.5) is 14.7 Å². The number of pyridine rings is 1. The van der Waals surface area contributed by atoms with Gasteiger partial charge in [-0.2, -0.15) is 8.78 Å². The molecule has 11 heteroatoms. The number of halogens is 2. The van der Waals surface area contributed by atoms with Gasteiger partial charge in [-0.25, -0.2) is 15.0 Å². The lowest BCUT2D eigenvalue weighted by Crippen LogP contribution is -2.37. The molecule has 3 aromatic heterocycles. The summed E-state index contributed by atoms with van der Waals surface area (Å²) in [6, 6.07) is 8.34. The highest BCUT2D eigenvalue weighted by atomic mass is 19.3. The van der Waals surface area contributed by atoms with E-state index in [1.54, 1.807) is 48.5 Å². The smallest absolute Gasteiger partial charge is 0.387 e. The lowest BCUT2D eigenvalue weighted by molar-refractivity contribution is -0.0505. The van der Waals surface area contributed by atoms with Crippen molar-refractivity contribution >= 4 is 17.0 Å². The van der Waals surface area contributed by atoms with Crippen molar-refractivity contribution in [3.8, 4) is 16.9 Å². The number of fused-ring (bicyclic) bond motifs is 1. The summed E-state index contributed by atoms with van der Waals surface area (Å²) in [6.45, 7) is -0.0406. The van der Waals surface area contributed by atoms with E-state index in [2.05, 4.69) is 24.6 Å². The molecule has 5 rings (SSSR count). The summed E-state index contributed by atoms with van der Waals surface area (Å²) in [5, 5.41) is 0. The summed E-state index contributed by atoms with van der Waals surface area (Å²) < 4.78 is 38.8. The first-order valence-corrected chi connectivity index (χ1v) is 10.7. The third-order valence-electron chi connectivity index (χ3n) is 5.78. The molecule has 0 atom stereocenters. The summed E-state index contributed by atoms with van der Waals surface area (Å²) in [6.07, 6.45) is 5.05. The Morgan fingerprint density at radius 3 is 2.50 bits per heavy atom. The van der Waals surface area contributed by atoms with Gasteiger partial charge < -0.3 is 14.4 Å². The minimum atomic E-state index is -2.94. The molecular formula is C23H22F2N6O3. The van der Waals surface area contributed by atoms with Crippen LogP contribution >= 0.6 is 0 Å². The number of alkyl halides is 2. The number of ether oxygens (including phenoxy) is 2. The molecule has 0 spiro atoms. The van der Waals surface area contributed by atoms with Crippen LogP contribution in [0, 0.1) is 0 Å². The first kappa shape index (κ1) is 22.0. The topological polar surface area (TPSA) is 87.3 Å². The monoisotopic (exact) mass is 468 g/mol. The number of nitrogens with zero attached hydrogens (tertiary/aromatic N) is 6. The Balaban J connectivity index is 1.50. The second kappa shape index (κ2) is 9.18. The molecule has 9 nitrogen and oxygen atoms in total. The molecule has 0 aliphatic carbocycles. The lowest BCUT2D eigenvalue weighted by Gasteiger charge is -2.26. The second-order valence-corrected chi connectivity index (χ2v) is 7.84. The Morgan fingerprint density at radius 2 is 1.76 bits per heavy atom. The number of morpholine rings is 1. The molecule has 0 radical (unpaired) electrons. The quantitative estimate of drug-likeness (QED) is 0.430. The average Bonchev–Trinajstić information content (AvgIpc) is 3.10. The summed E-state index contributed by atoms with van der Waals surface area (Å²) in [7, 11) is 1.61. The fraction of sp³-hybridized carbons (Fsp3) is 0.304. The van der Waals surface area contributed by atoms with E-state index in [1.807, 2.05) is 6.07 Å². The standard InChI is InChI=1S/C23H22F2N6O3/c1-29-21(32)20-18(31(29)14-15-4-2-3-5-19(15)34-22(24)25)10-16(11-26-20)17-12-27-23(28-13-17)30-6-8-33-9-7-30/h2-5,10-13,22H,6-9,14H2,1H3. The van der Waals surface area contributed by atoms with E-state index in [1.165, 1.54) is 10.7 Å². The largest absolute Gasteiger partial charge is 0.434 e. The fourth-order valence-electron chi connectivity index (χ4n) is 3.99. The van der Waals surface area contributed by atoms with Crippen molar-refractivity contribution in [2.45, 2.75) is 13.2 Å². The van der Waals surface area contributed by atoms with Gasteiger partial charge in [0.05, 0.1) is 25.3 Å². The highest BCUT2D eigenvalue weighted by Crippen LogP contribution is 2.25. The number of rotatable bonds is 6. The van der Waals surface area contributed by atoms with Crippen molar-refractivity contribution in [1.82, 2.24) is 24.3 Å². The van der Waals surface area contributed by atoms with Crippen molar-refractivity contribution in [3.05, 3.63) is 64.8 Å². The molecule has 1 saturated heterocycles. The zero-order chi connectivity index (χ0) is 23.7. The molecule has 0 unspecified atom stereocenters. The maximum atomic E-state index is 12.8. The van der Waals surface area contributed by atoms with Gasteiger partial charge in [0, 0.05) is 55.4 Å². The molecule has 1 fully saturated rings. The molecule has 0 bridgehead atoms. The van der Waals surface area contributed by atoms with Crippen molar-refractivity contribution in [3.63, 3.8) is 0 Å². The van der Waals surface area contributed by atoms with Gasteiger partial charge in [0.1, 0.15) is 5.75 Å². The summed E-state index contributed by atoms with van der Waals surface area (Å²) in [4.78, 5) is 28.2. The van der Waals surface area contributed by atoms with Gasteiger partial charge >= 0.3 is 6.61 Å². The van der Waals surface area contributed by atoms with Crippen LogP contribution in [0.2, 0.25) is 0 Å². The van der Waals surface area contributed by atoms with Gasteiger partial charge in [-0.05, 0) is 12.1 Å². The lowest BCUT2D eigenvalue weighted by atomic mass is 10.1. The highest BCUT2D eigenvalue weighted by Gasteiger charge is 2.17. The first-order chi connectivity index (χ1) is 16.5. The van der Waals surface area contributed by atoms with E-state index in [4.69, 9.17) is 4.74 Å². The number of hydrogen-bond donors (Lipinski definition) is 0. The third-order valence-corrected chi connectivity index (χ3v) is 5.78. The van der Waals surface area contributed by atoms with Crippen LogP contribution in [0.5, 0.6) is 5.75 Å². The zero-order valence-electron chi connectivity index (χ0n) is 18.4. The summed E-state index contributed by atoms with van der Waals surface area (Å²) in [5.74, 6) is 0.691. The van der Waals surface area contributed by atoms with Crippen LogP contribution in [0.3, 0.4) is 0 Å². The molecule has 0 saturated carbocycles. The van der Waals surface area contributed by atoms with Crippen LogP contribution in [-0.2, 0) is 18.3 Å². The first-order valence-electron chi connectivity index (χ1n) is 10.7. The van der Waals surface area contributed by atoms with Crippen molar-refractivity contribution in [2.24, 2.45) is 7.05 Å². The minimum Gasteiger partial charge on any atom is -0.434 e. The minimum absolute atomic E-state index is 0.0583. The maximum Gasteiger partial charge on any atom is 0.387 e. The van der Waals surface area contributed by atoms with Crippen molar-refractivity contribution in [2.75, 3.05) is 31.2 Å². The SMILES string of the molecule is Cn1c(=O)c2ncc(-c3cnc(N4CCOCC4)nc3)cc2n1Cc1ccccc1OC(F)F. The number of anilines is 1. The molecule has 4 heterocycles. The van der Waals surface area contributed by atoms with Crippen LogP contribution < -0.4 is 15.2 Å². The Labute approximate surface area is 193 Å². The number of benzene rings is 1. The van der Waals surface area contributed by atoms with E-state index >= 15 is 0 Å². The Hall–Kier alpha value is -3.86. The summed E-state index contributed by atoms with van der Waals surface area (Å²) in [5.41, 5.74) is 2.55. The molecule has 0 N–H and O–H groups in total. The maximum absolute atomic E-state index is 12.8. The van der Waals surface area contributed by atoms with E-state index in [9.17, 15) is 13.6 Å². The van der Waals surface area contributed by atoms with E-state index in [-0.39, 0.29) is 23.4 Å². The predicted octanol–water partition coefficient (Wildman–Crippen LogP) is 2.68. The highest BCUT2D eigenvalue weighted by molar-refractivity contribution is 5.80. The van der Waals surface area contributed by atoms with Crippen LogP contribution in [0.25, 0.3) is 22.2 Å². The van der Waals surface area contributed by atoms with Gasteiger partial charge in [-0.3, -0.25) is 14.2 Å². The van der Waals surface area contributed by atoms with Gasteiger partial charge in [-0.15, -0.1) is 0 Å². The molecule has 4 aromatic rings. The Kier molecular flexibility index (Phi) is 5.93. The molecule has 176 valence electrons. The molecule has 34 heavy (non-hydrogen) atoms. The van der Waals surface area contributed by atoms with Crippen molar-refractivity contribution in [1.29, 1.82) is 0 Å². The van der Waals surface area contributed by atoms with Crippen LogP contribution in [0.15, 0.2) is 53.7 Å². The molecule has 0 amide bonds. The Bertz CT molecular complexity index is 1360. The number of hydrogen-bond acceptors (Lipinski definition) is 7. The van der Waals surface area contributed by atoms with Gasteiger partial charge in [0.2, 0.25) is 5.95 Å². The van der Waals surface area contributed by atoms with E-state index < -0.39 is 6.61 Å². The number of para-hydroxylation sites is 1. The number of aromatic nitrogens is 5. The molecule has 1 aliphatic heterocycles. The fourth-order valence-corrected chi connectivity index (χ4v) is 3.99. The van der Waals surface area contributed by atoms with Gasteiger partial charge in [-0.1, -0.05) is 18.2 Å². The molecule has 1 aromatic carbocycles. The van der Waals surface area contributed by atoms with E-state index in [0.717, 1.165) is 24.2 Å². The van der Waals surface area contributed by atoms with Gasteiger partial charge in [0.25, 0.3) is 5.56 Å². The normalized spacial score (nSPS) is 14.2. The van der Waals surface area contributed by atoms with Gasteiger partial charge in [0.15, 0.2) is 5.52 Å². The van der Waals surface area contributed by atoms with Crippen LogP contribution in [0.1, 0.15) is 5.56 Å². The van der Waals surface area contributed by atoms with E-state index in [0.29, 0.717) is 30.2 Å². The molecule has 1 aliphatic rings. The third kappa shape index (κ3) is 4.21. The zero-order valence-corrected chi connectivity index (χ0v) is 18.4. The molecular weight excluding hydrogens is 446 g/mol. The second-order valence-electron chi connectivity index (χ2n) is 7.84. The van der Waals surface area contributed by atoms with Crippen molar-refractivity contribution < 1.29 is 18.3 Å². The average molecular weight is 468 g/mol. The summed E-state index contributed by atoms with van der Waals surface area (Å²) >= 11 is 0. The Morgan fingerprint density at radius 1 is 1.06 bits per heavy atom.